The van der Waals surface area contributed by atoms with Gasteiger partial charge in [0.25, 0.3) is 0 Å². The third-order valence-electron chi connectivity index (χ3n) is 12.7. The number of allylic oxidation sites excluding steroid dienone is 4. The fourth-order valence-corrected chi connectivity index (χ4v) is 10.3. The molecule has 0 radical (unpaired) electrons. The second-order valence-corrected chi connectivity index (χ2v) is 14.0. The molecule has 0 aromatic carbocycles. The summed E-state index contributed by atoms with van der Waals surface area (Å²) in [4.78, 5) is 13.2. The maximum absolute atomic E-state index is 13.2. The first-order valence-electron chi connectivity index (χ1n) is 13.6. The number of nitriles is 2. The van der Waals surface area contributed by atoms with Crippen LogP contribution in [0, 0.1) is 79.3 Å². The quantitative estimate of drug-likeness (QED) is 0.355. The smallest absolute Gasteiger partial charge is 0.178 e. The van der Waals surface area contributed by atoms with Crippen LogP contribution in [0.2, 0.25) is 0 Å². The molecule has 0 amide bonds. The van der Waals surface area contributed by atoms with Crippen molar-refractivity contribution in [3.05, 3.63) is 23.3 Å². The summed E-state index contributed by atoms with van der Waals surface area (Å²) in [6, 6.07) is 5.12. The predicted octanol–water partition coefficient (Wildman–Crippen LogP) is 7.41. The summed E-state index contributed by atoms with van der Waals surface area (Å²) in [6.07, 6.45) is 12.1. The molecule has 0 spiro atoms. The van der Waals surface area contributed by atoms with Crippen LogP contribution in [0.25, 0.3) is 0 Å². The zero-order chi connectivity index (χ0) is 24.9. The molecule has 0 N–H and O–H groups in total. The van der Waals surface area contributed by atoms with E-state index in [0.29, 0.717) is 29.2 Å². The highest BCUT2D eigenvalue weighted by molar-refractivity contribution is 6.04. The van der Waals surface area contributed by atoms with Gasteiger partial charge in [-0.05, 0) is 84.9 Å². The first kappa shape index (κ1) is 23.9. The Bertz CT molecular complexity index is 1080. The fraction of sp³-hybridized carbons (Fsp3) is 0.774. The van der Waals surface area contributed by atoms with Crippen LogP contribution in [0.15, 0.2) is 23.3 Å². The number of carbonyl (C=O) groups is 1. The van der Waals surface area contributed by atoms with Crippen molar-refractivity contribution in [3.63, 3.8) is 0 Å². The van der Waals surface area contributed by atoms with E-state index in [-0.39, 0.29) is 33.4 Å². The van der Waals surface area contributed by atoms with Crippen molar-refractivity contribution in [2.75, 3.05) is 0 Å². The van der Waals surface area contributed by atoms with Crippen molar-refractivity contribution in [2.24, 2.45) is 56.7 Å². The Balaban J connectivity index is 1.66. The summed E-state index contributed by atoms with van der Waals surface area (Å²) in [5.41, 5.74) is 1.23. The lowest BCUT2D eigenvalue weighted by Crippen LogP contribution is -2.63. The van der Waals surface area contributed by atoms with Crippen LogP contribution >= 0.6 is 0 Å². The maximum atomic E-state index is 13.2. The van der Waals surface area contributed by atoms with Gasteiger partial charge in [-0.1, -0.05) is 66.2 Å². The standard InChI is InChI=1S/C31H42N2O/c1-19-10-13-31(18-33)15-14-29(6)22(25(31)20(19)2)8-9-24-28(5)16-21(17-32)26(34)27(3,4)23(28)11-12-30(24,29)7/h8,16,19-20,23-25H,9-15H2,1-7H3/t19-,20+,23+,24-,25+,28+,29-,30-,31-/m1/s1. The molecule has 5 aliphatic carbocycles. The minimum Gasteiger partial charge on any atom is -0.293 e. The first-order valence-corrected chi connectivity index (χ1v) is 13.6. The number of hydrogen-bond acceptors (Lipinski definition) is 3. The highest BCUT2D eigenvalue weighted by Crippen LogP contribution is 2.75. The van der Waals surface area contributed by atoms with Gasteiger partial charge < -0.3 is 0 Å². The average molecular weight is 459 g/mol. The van der Waals surface area contributed by atoms with E-state index in [4.69, 9.17) is 0 Å². The molecule has 3 heteroatoms. The highest BCUT2D eigenvalue weighted by atomic mass is 16.1. The molecule has 3 fully saturated rings. The lowest BCUT2D eigenvalue weighted by atomic mass is 9.34. The van der Waals surface area contributed by atoms with Crippen LogP contribution in [0.1, 0.15) is 93.4 Å². The third-order valence-corrected chi connectivity index (χ3v) is 12.7. The number of fused-ring (bicyclic) bond motifs is 7. The van der Waals surface area contributed by atoms with E-state index in [2.05, 4.69) is 72.8 Å². The molecule has 0 heterocycles. The van der Waals surface area contributed by atoms with Crippen LogP contribution in [0.3, 0.4) is 0 Å². The zero-order valence-corrected chi connectivity index (χ0v) is 22.3. The van der Waals surface area contributed by atoms with Crippen molar-refractivity contribution in [3.8, 4) is 12.1 Å². The summed E-state index contributed by atoms with van der Waals surface area (Å²) in [5.74, 6) is 2.23. The minimum atomic E-state index is -0.503. The second-order valence-electron chi connectivity index (χ2n) is 14.0. The summed E-state index contributed by atoms with van der Waals surface area (Å²) in [5, 5.41) is 20.3. The summed E-state index contributed by atoms with van der Waals surface area (Å²) < 4.78 is 0. The Labute approximate surface area is 206 Å². The van der Waals surface area contributed by atoms with Crippen molar-refractivity contribution in [2.45, 2.75) is 93.4 Å². The van der Waals surface area contributed by atoms with E-state index in [1.165, 1.54) is 6.42 Å². The number of rotatable bonds is 0. The number of ketones is 1. The van der Waals surface area contributed by atoms with Crippen LogP contribution in [-0.4, -0.2) is 5.78 Å². The van der Waals surface area contributed by atoms with Gasteiger partial charge in [-0.25, -0.2) is 0 Å². The molecule has 0 saturated heterocycles. The van der Waals surface area contributed by atoms with Gasteiger partial charge in [0.2, 0.25) is 0 Å². The van der Waals surface area contributed by atoms with Crippen molar-refractivity contribution >= 4 is 5.78 Å². The third kappa shape index (κ3) is 2.60. The molecule has 3 saturated carbocycles. The van der Waals surface area contributed by atoms with Gasteiger partial charge in [0.05, 0.1) is 17.1 Å². The predicted molar refractivity (Wildman–Crippen MR) is 134 cm³/mol. The topological polar surface area (TPSA) is 64.7 Å². The Hall–Kier alpha value is -1.87. The largest absolute Gasteiger partial charge is 0.293 e. The number of Topliss-reactive ketones (excluding diaryl/α,β-unsaturated/α-hetero) is 1. The SMILES string of the molecule is C[C@H]1[C@H](C)CC[C@]2(C#N)CC[C@]3(C)C(=CC[C@@H]4[C@@]5(C)C=C(C#N)C(=O)C(C)(C)[C@@H]5CC[C@]43C)[C@H]12. The molecule has 0 aromatic heterocycles. The van der Waals surface area contributed by atoms with E-state index in [9.17, 15) is 15.3 Å². The molecule has 5 rings (SSSR count). The van der Waals surface area contributed by atoms with Crippen LogP contribution < -0.4 is 0 Å². The van der Waals surface area contributed by atoms with E-state index in [0.717, 1.165) is 38.5 Å². The van der Waals surface area contributed by atoms with E-state index in [1.54, 1.807) is 5.57 Å². The number of nitrogens with zero attached hydrogens (tertiary/aromatic N) is 2. The summed E-state index contributed by atoms with van der Waals surface area (Å²) in [7, 11) is 0. The highest BCUT2D eigenvalue weighted by Gasteiger charge is 2.68. The van der Waals surface area contributed by atoms with Gasteiger partial charge in [0.1, 0.15) is 6.07 Å². The van der Waals surface area contributed by atoms with E-state index >= 15 is 0 Å². The second kappa shape index (κ2) is 7.09. The molecule has 3 nitrogen and oxygen atoms in total. The number of carbonyl (C=O) groups excluding carboxylic acids is 1. The molecule has 0 bridgehead atoms. The normalized spacial score (nSPS) is 51.3. The van der Waals surface area contributed by atoms with Crippen molar-refractivity contribution in [1.29, 1.82) is 10.5 Å². The monoisotopic (exact) mass is 458 g/mol. The van der Waals surface area contributed by atoms with Gasteiger partial charge in [0, 0.05) is 11.3 Å². The molecule has 0 aromatic rings. The molecule has 5 aliphatic rings. The summed E-state index contributed by atoms with van der Waals surface area (Å²) >= 11 is 0. The Morgan fingerprint density at radius 3 is 2.29 bits per heavy atom. The Morgan fingerprint density at radius 1 is 0.941 bits per heavy atom. The molecule has 182 valence electrons. The molecular weight excluding hydrogens is 416 g/mol. The average Bonchev–Trinajstić information content (AvgIpc) is 2.79. The van der Waals surface area contributed by atoms with E-state index < -0.39 is 5.41 Å². The van der Waals surface area contributed by atoms with Crippen LogP contribution in [0.5, 0.6) is 0 Å². The van der Waals surface area contributed by atoms with Crippen molar-refractivity contribution < 1.29 is 4.79 Å². The fourth-order valence-electron chi connectivity index (χ4n) is 10.3. The van der Waals surface area contributed by atoms with Gasteiger partial charge >= 0.3 is 0 Å². The molecule has 0 unspecified atom stereocenters. The first-order chi connectivity index (χ1) is 15.8. The molecule has 0 aliphatic heterocycles. The van der Waals surface area contributed by atoms with E-state index in [1.807, 2.05) is 0 Å². The minimum absolute atomic E-state index is 0.0285. The molecule has 9 atom stereocenters. The van der Waals surface area contributed by atoms with Crippen LogP contribution in [-0.2, 0) is 4.79 Å². The zero-order valence-electron chi connectivity index (χ0n) is 22.3. The van der Waals surface area contributed by atoms with Gasteiger partial charge in [-0.15, -0.1) is 0 Å². The maximum Gasteiger partial charge on any atom is 0.178 e. The Morgan fingerprint density at radius 2 is 1.65 bits per heavy atom. The van der Waals surface area contributed by atoms with Gasteiger partial charge in [-0.3, -0.25) is 4.79 Å². The molecular formula is C31H42N2O. The van der Waals surface area contributed by atoms with Gasteiger partial charge in [0.15, 0.2) is 5.78 Å². The van der Waals surface area contributed by atoms with Crippen LogP contribution in [0.4, 0.5) is 0 Å². The van der Waals surface area contributed by atoms with Gasteiger partial charge in [-0.2, -0.15) is 10.5 Å². The lowest BCUT2D eigenvalue weighted by Gasteiger charge is -2.69. The summed E-state index contributed by atoms with van der Waals surface area (Å²) in [6.45, 7) is 16.3. The Kier molecular flexibility index (Phi) is 4.97. The number of hydrogen-bond donors (Lipinski definition) is 0. The van der Waals surface area contributed by atoms with Crippen molar-refractivity contribution in [1.82, 2.24) is 0 Å². The lowest BCUT2D eigenvalue weighted by molar-refractivity contribution is -0.159. The molecule has 34 heavy (non-hydrogen) atoms.